The SMILES string of the molecule is COC(=O)C1=C(CN2CCN3C(=O)N(c4ccc(C(C)CC(=O)O)cc4)C[C@@H]3C2)NC(c2nccs2)=NC1. The molecule has 2 fully saturated rings. The first kappa shape index (κ1) is 25.9. The molecule has 2 aromatic rings. The van der Waals surface area contributed by atoms with Crippen molar-refractivity contribution in [3.63, 3.8) is 0 Å². The zero-order valence-electron chi connectivity index (χ0n) is 21.3. The lowest BCUT2D eigenvalue weighted by Crippen LogP contribution is -2.53. The molecule has 2 atom stereocenters. The number of carboxylic acid groups (broad SMARTS) is 1. The molecule has 3 aliphatic heterocycles. The van der Waals surface area contributed by atoms with E-state index in [4.69, 9.17) is 9.84 Å². The number of carbonyl (C=O) groups is 3. The maximum atomic E-state index is 13.2. The monoisotopic (exact) mass is 538 g/mol. The summed E-state index contributed by atoms with van der Waals surface area (Å²) in [4.78, 5) is 51.4. The molecule has 2 saturated heterocycles. The highest BCUT2D eigenvalue weighted by Crippen LogP contribution is 2.29. The van der Waals surface area contributed by atoms with Gasteiger partial charge in [-0.05, 0) is 23.6 Å². The molecule has 2 N–H and O–H groups in total. The van der Waals surface area contributed by atoms with E-state index in [1.165, 1.54) is 18.4 Å². The van der Waals surface area contributed by atoms with Crippen LogP contribution in [-0.4, -0.2) is 96.1 Å². The van der Waals surface area contributed by atoms with Crippen molar-refractivity contribution in [2.24, 2.45) is 4.99 Å². The second-order valence-electron chi connectivity index (χ2n) is 9.64. The molecule has 1 aromatic carbocycles. The van der Waals surface area contributed by atoms with E-state index in [1.807, 2.05) is 41.5 Å². The summed E-state index contributed by atoms with van der Waals surface area (Å²) in [5.41, 5.74) is 2.98. The Morgan fingerprint density at radius 2 is 2.03 bits per heavy atom. The molecule has 4 heterocycles. The third-order valence-electron chi connectivity index (χ3n) is 7.17. The first-order chi connectivity index (χ1) is 18.3. The molecule has 0 spiro atoms. The van der Waals surface area contributed by atoms with Gasteiger partial charge in [-0.25, -0.2) is 14.6 Å². The summed E-state index contributed by atoms with van der Waals surface area (Å²) in [6.45, 7) is 5.09. The van der Waals surface area contributed by atoms with Gasteiger partial charge in [-0.3, -0.25) is 19.6 Å². The Kier molecular flexibility index (Phi) is 7.43. The van der Waals surface area contributed by atoms with Crippen LogP contribution >= 0.6 is 11.3 Å². The first-order valence-electron chi connectivity index (χ1n) is 12.5. The van der Waals surface area contributed by atoms with Crippen molar-refractivity contribution in [3.05, 3.63) is 57.7 Å². The minimum atomic E-state index is -0.831. The zero-order chi connectivity index (χ0) is 26.8. The number of anilines is 1. The predicted molar refractivity (Wildman–Crippen MR) is 142 cm³/mol. The van der Waals surface area contributed by atoms with Gasteiger partial charge in [0.15, 0.2) is 10.8 Å². The van der Waals surface area contributed by atoms with E-state index in [2.05, 4.69) is 20.2 Å². The van der Waals surface area contributed by atoms with Crippen molar-refractivity contribution in [1.82, 2.24) is 20.1 Å². The number of amidine groups is 1. The molecule has 0 bridgehead atoms. The van der Waals surface area contributed by atoms with Crippen molar-refractivity contribution in [2.45, 2.75) is 25.3 Å². The number of amides is 2. The molecule has 200 valence electrons. The average Bonchev–Trinajstić information content (AvgIpc) is 3.56. The minimum Gasteiger partial charge on any atom is -0.481 e. The predicted octanol–water partition coefficient (Wildman–Crippen LogP) is 2.12. The van der Waals surface area contributed by atoms with Crippen LogP contribution < -0.4 is 10.2 Å². The zero-order valence-corrected chi connectivity index (χ0v) is 22.1. The number of aromatic nitrogens is 1. The van der Waals surface area contributed by atoms with Crippen LogP contribution in [0.25, 0.3) is 0 Å². The molecule has 38 heavy (non-hydrogen) atoms. The normalized spacial score (nSPS) is 20.6. The minimum absolute atomic E-state index is 0.0136. The van der Waals surface area contributed by atoms with Crippen LogP contribution in [0.4, 0.5) is 10.5 Å². The highest BCUT2D eigenvalue weighted by molar-refractivity contribution is 7.11. The van der Waals surface area contributed by atoms with Gasteiger partial charge >= 0.3 is 18.0 Å². The molecule has 12 heteroatoms. The number of hydrogen-bond acceptors (Lipinski definition) is 9. The number of nitrogens with one attached hydrogen (secondary N) is 1. The standard InChI is InChI=1S/C26H30N6O5S/c1-16(11-22(33)34)17-3-5-18(6-4-17)32-14-19-13-30(8-9-31(19)26(32)36)15-21-20(25(35)37-2)12-28-23(29-21)24-27-7-10-38-24/h3-7,10,16,19H,8-9,11-15H2,1-2H3,(H,28,29)(H,33,34)/t16?,19-/m0/s1. The van der Waals surface area contributed by atoms with Gasteiger partial charge in [0, 0.05) is 55.7 Å². The van der Waals surface area contributed by atoms with Crippen LogP contribution in [-0.2, 0) is 14.3 Å². The smallest absolute Gasteiger partial charge is 0.337 e. The third-order valence-corrected chi connectivity index (χ3v) is 7.95. The van der Waals surface area contributed by atoms with Gasteiger partial charge in [-0.15, -0.1) is 11.3 Å². The van der Waals surface area contributed by atoms with E-state index >= 15 is 0 Å². The summed E-state index contributed by atoms with van der Waals surface area (Å²) in [5.74, 6) is -0.696. The quantitative estimate of drug-likeness (QED) is 0.490. The van der Waals surface area contributed by atoms with Gasteiger partial charge in [0.2, 0.25) is 0 Å². The van der Waals surface area contributed by atoms with Crippen LogP contribution in [0.2, 0.25) is 0 Å². The van der Waals surface area contributed by atoms with Crippen LogP contribution in [0.5, 0.6) is 0 Å². The second kappa shape index (κ2) is 10.9. The van der Waals surface area contributed by atoms with Crippen molar-refractivity contribution in [1.29, 1.82) is 0 Å². The summed E-state index contributed by atoms with van der Waals surface area (Å²) in [5, 5.41) is 15.0. The Morgan fingerprint density at radius 1 is 1.24 bits per heavy atom. The van der Waals surface area contributed by atoms with E-state index < -0.39 is 11.9 Å². The Balaban J connectivity index is 1.26. The topological polar surface area (TPSA) is 128 Å². The Labute approximate surface area is 224 Å². The largest absolute Gasteiger partial charge is 0.481 e. The average molecular weight is 539 g/mol. The van der Waals surface area contributed by atoms with Gasteiger partial charge in [-0.2, -0.15) is 0 Å². The number of thiazole rings is 1. The van der Waals surface area contributed by atoms with E-state index in [1.54, 1.807) is 11.1 Å². The molecule has 1 unspecified atom stereocenters. The number of nitrogens with zero attached hydrogens (tertiary/aromatic N) is 5. The van der Waals surface area contributed by atoms with Crippen molar-refractivity contribution in [3.8, 4) is 0 Å². The van der Waals surface area contributed by atoms with E-state index in [0.717, 1.165) is 22.0 Å². The number of hydrogen-bond donors (Lipinski definition) is 2. The highest BCUT2D eigenvalue weighted by Gasteiger charge is 2.41. The number of methoxy groups -OCH3 is 1. The summed E-state index contributed by atoms with van der Waals surface area (Å²) in [6.07, 6.45) is 1.78. The van der Waals surface area contributed by atoms with Crippen LogP contribution in [0.1, 0.15) is 29.8 Å². The molecular weight excluding hydrogens is 508 g/mol. The number of ether oxygens (including phenoxy) is 1. The van der Waals surface area contributed by atoms with Crippen LogP contribution in [0.15, 0.2) is 52.1 Å². The summed E-state index contributed by atoms with van der Waals surface area (Å²) >= 11 is 1.48. The molecule has 3 aliphatic rings. The molecule has 11 nitrogen and oxygen atoms in total. The van der Waals surface area contributed by atoms with Crippen molar-refractivity contribution in [2.75, 3.05) is 51.3 Å². The number of aliphatic carboxylic acids is 1. The lowest BCUT2D eigenvalue weighted by molar-refractivity contribution is -0.137. The summed E-state index contributed by atoms with van der Waals surface area (Å²) < 4.78 is 5.00. The maximum Gasteiger partial charge on any atom is 0.337 e. The van der Waals surface area contributed by atoms with Crippen molar-refractivity contribution >= 4 is 40.8 Å². The van der Waals surface area contributed by atoms with Crippen LogP contribution in [0, 0.1) is 0 Å². The van der Waals surface area contributed by atoms with E-state index in [9.17, 15) is 14.4 Å². The number of aliphatic imine (C=N–C) groups is 1. The van der Waals surface area contributed by atoms with Crippen molar-refractivity contribution < 1.29 is 24.2 Å². The highest BCUT2D eigenvalue weighted by atomic mass is 32.1. The molecule has 5 rings (SSSR count). The van der Waals surface area contributed by atoms with E-state index in [0.29, 0.717) is 44.1 Å². The fourth-order valence-corrected chi connectivity index (χ4v) is 5.74. The molecule has 1 aromatic heterocycles. The number of esters is 1. The lowest BCUT2D eigenvalue weighted by Gasteiger charge is -2.37. The number of urea groups is 1. The van der Waals surface area contributed by atoms with E-state index in [-0.39, 0.29) is 31.0 Å². The molecular formula is C26H30N6O5S. The number of piperazine rings is 1. The van der Waals surface area contributed by atoms with Gasteiger partial charge in [0.1, 0.15) is 0 Å². The number of benzene rings is 1. The number of carbonyl (C=O) groups excluding carboxylic acids is 2. The van der Waals surface area contributed by atoms with Crippen LogP contribution in [0.3, 0.4) is 0 Å². The van der Waals surface area contributed by atoms with Gasteiger partial charge < -0.3 is 20.1 Å². The molecule has 0 aliphatic carbocycles. The maximum absolute atomic E-state index is 13.2. The van der Waals surface area contributed by atoms with Gasteiger partial charge in [0.25, 0.3) is 0 Å². The molecule has 0 radical (unpaired) electrons. The summed E-state index contributed by atoms with van der Waals surface area (Å²) in [7, 11) is 1.36. The van der Waals surface area contributed by atoms with Gasteiger partial charge in [0.05, 0.1) is 31.7 Å². The fraction of sp³-hybridized carbons (Fsp3) is 0.423. The Hall–Kier alpha value is -3.77. The fourth-order valence-electron chi connectivity index (χ4n) is 5.14. The number of fused-ring (bicyclic) bond motifs is 1. The molecule has 2 amide bonds. The molecule has 0 saturated carbocycles. The third kappa shape index (κ3) is 5.27. The summed E-state index contributed by atoms with van der Waals surface area (Å²) in [6, 6.07) is 7.57. The number of carboxylic acids is 1. The first-order valence-corrected chi connectivity index (χ1v) is 13.4. The Bertz CT molecular complexity index is 1280. The second-order valence-corrected chi connectivity index (χ2v) is 10.5. The Morgan fingerprint density at radius 3 is 2.71 bits per heavy atom. The van der Waals surface area contributed by atoms with Gasteiger partial charge in [-0.1, -0.05) is 19.1 Å². The number of rotatable bonds is 8. The lowest BCUT2D eigenvalue weighted by atomic mass is 9.97.